The minimum absolute atomic E-state index is 0.0760. The van der Waals surface area contributed by atoms with E-state index < -0.39 is 0 Å². The first-order valence-electron chi connectivity index (χ1n) is 9.10. The van der Waals surface area contributed by atoms with Gasteiger partial charge in [0, 0.05) is 11.1 Å². The molecular formula is C21H23N3O5. The molecule has 3 aromatic rings. The van der Waals surface area contributed by atoms with E-state index in [0.29, 0.717) is 40.1 Å². The molecule has 1 heterocycles. The van der Waals surface area contributed by atoms with Crippen LogP contribution in [-0.2, 0) is 6.54 Å². The fraction of sp³-hybridized carbons (Fsp3) is 0.286. The van der Waals surface area contributed by atoms with Crippen LogP contribution < -0.4 is 19.5 Å². The molecule has 8 heteroatoms. The Labute approximate surface area is 168 Å². The summed E-state index contributed by atoms with van der Waals surface area (Å²) in [5.41, 5.74) is 1.23. The van der Waals surface area contributed by atoms with Gasteiger partial charge in [-0.2, -0.15) is 4.98 Å². The second-order valence-corrected chi connectivity index (χ2v) is 6.46. The van der Waals surface area contributed by atoms with Crippen molar-refractivity contribution in [1.29, 1.82) is 0 Å². The van der Waals surface area contributed by atoms with Gasteiger partial charge in [0.1, 0.15) is 5.75 Å². The lowest BCUT2D eigenvalue weighted by atomic mass is 10.2. The zero-order valence-electron chi connectivity index (χ0n) is 16.8. The van der Waals surface area contributed by atoms with Gasteiger partial charge in [0.2, 0.25) is 11.7 Å². The van der Waals surface area contributed by atoms with Crippen molar-refractivity contribution in [3.05, 3.63) is 53.9 Å². The smallest absolute Gasteiger partial charge is 0.251 e. The molecule has 0 aliphatic carbocycles. The summed E-state index contributed by atoms with van der Waals surface area (Å²) in [7, 11) is 3.12. The maximum atomic E-state index is 12.3. The van der Waals surface area contributed by atoms with Crippen molar-refractivity contribution in [3.63, 3.8) is 0 Å². The van der Waals surface area contributed by atoms with Gasteiger partial charge in [-0.3, -0.25) is 4.79 Å². The Bertz CT molecular complexity index is 967. The highest BCUT2D eigenvalue weighted by molar-refractivity contribution is 5.94. The van der Waals surface area contributed by atoms with Crippen LogP contribution in [0.5, 0.6) is 17.2 Å². The van der Waals surface area contributed by atoms with Gasteiger partial charge in [-0.1, -0.05) is 5.16 Å². The number of hydrogen-bond donors (Lipinski definition) is 1. The molecule has 1 N–H and O–H groups in total. The number of amides is 1. The van der Waals surface area contributed by atoms with Crippen LogP contribution in [0.15, 0.2) is 47.0 Å². The molecule has 0 aliphatic rings. The molecule has 0 aliphatic heterocycles. The van der Waals surface area contributed by atoms with Gasteiger partial charge in [-0.25, -0.2) is 0 Å². The normalized spacial score (nSPS) is 10.7. The highest BCUT2D eigenvalue weighted by Crippen LogP contribution is 2.31. The van der Waals surface area contributed by atoms with E-state index in [-0.39, 0.29) is 18.6 Å². The zero-order chi connectivity index (χ0) is 20.8. The number of ether oxygens (including phenoxy) is 3. The number of nitrogens with zero attached hydrogens (tertiary/aromatic N) is 2. The zero-order valence-corrected chi connectivity index (χ0v) is 16.8. The third-order valence-electron chi connectivity index (χ3n) is 4.00. The predicted molar refractivity (Wildman–Crippen MR) is 106 cm³/mol. The van der Waals surface area contributed by atoms with Crippen molar-refractivity contribution in [2.45, 2.75) is 26.5 Å². The van der Waals surface area contributed by atoms with E-state index in [4.69, 9.17) is 18.7 Å². The minimum Gasteiger partial charge on any atom is -0.493 e. The van der Waals surface area contributed by atoms with Gasteiger partial charge in [0.05, 0.1) is 26.9 Å². The summed E-state index contributed by atoms with van der Waals surface area (Å²) >= 11 is 0. The molecule has 1 amide bonds. The summed E-state index contributed by atoms with van der Waals surface area (Å²) < 4.78 is 21.3. The molecular weight excluding hydrogens is 374 g/mol. The lowest BCUT2D eigenvalue weighted by Crippen LogP contribution is -2.22. The van der Waals surface area contributed by atoms with Crippen LogP contribution in [-0.4, -0.2) is 36.4 Å². The molecule has 3 rings (SSSR count). The summed E-state index contributed by atoms with van der Waals surface area (Å²) in [5.74, 6) is 2.33. The number of carbonyl (C=O) groups excluding carboxylic acids is 1. The molecule has 8 nitrogen and oxygen atoms in total. The average molecular weight is 397 g/mol. The summed E-state index contributed by atoms with van der Waals surface area (Å²) in [5, 5.41) is 6.72. The minimum atomic E-state index is -0.244. The Hall–Kier alpha value is -3.55. The molecule has 152 valence electrons. The standard InChI is InChI=1S/C21H23N3O5/c1-13(2)28-16-8-5-14(6-9-16)21(25)22-12-19-23-20(24-29-19)15-7-10-17(26-3)18(11-15)27-4/h5-11,13H,12H2,1-4H3,(H,22,25). The third kappa shape index (κ3) is 5.04. The van der Waals surface area contributed by atoms with Crippen LogP contribution in [0.3, 0.4) is 0 Å². The van der Waals surface area contributed by atoms with Gasteiger partial charge in [0.15, 0.2) is 11.5 Å². The van der Waals surface area contributed by atoms with Crippen LogP contribution in [0.2, 0.25) is 0 Å². The lowest BCUT2D eigenvalue weighted by Gasteiger charge is -2.09. The van der Waals surface area contributed by atoms with Crippen LogP contribution in [0, 0.1) is 0 Å². The lowest BCUT2D eigenvalue weighted by molar-refractivity contribution is 0.0946. The van der Waals surface area contributed by atoms with Crippen molar-refractivity contribution >= 4 is 5.91 Å². The Morgan fingerprint density at radius 3 is 2.45 bits per heavy atom. The summed E-state index contributed by atoms with van der Waals surface area (Å²) in [4.78, 5) is 16.6. The average Bonchev–Trinajstić information content (AvgIpc) is 3.20. The molecule has 0 saturated carbocycles. The molecule has 1 aromatic heterocycles. The van der Waals surface area contributed by atoms with Gasteiger partial charge in [-0.05, 0) is 56.3 Å². The van der Waals surface area contributed by atoms with Crippen LogP contribution in [0.4, 0.5) is 0 Å². The molecule has 29 heavy (non-hydrogen) atoms. The monoisotopic (exact) mass is 397 g/mol. The maximum Gasteiger partial charge on any atom is 0.251 e. The fourth-order valence-electron chi connectivity index (χ4n) is 2.63. The van der Waals surface area contributed by atoms with Gasteiger partial charge in [-0.15, -0.1) is 0 Å². The van der Waals surface area contributed by atoms with Crippen LogP contribution >= 0.6 is 0 Å². The first-order chi connectivity index (χ1) is 14.0. The van der Waals surface area contributed by atoms with Crippen molar-refractivity contribution in [1.82, 2.24) is 15.5 Å². The SMILES string of the molecule is COc1ccc(-c2noc(CNC(=O)c3ccc(OC(C)C)cc3)n2)cc1OC. The third-order valence-corrected chi connectivity index (χ3v) is 4.00. The highest BCUT2D eigenvalue weighted by Gasteiger charge is 2.13. The topological polar surface area (TPSA) is 95.7 Å². The number of benzene rings is 2. The number of methoxy groups -OCH3 is 2. The Morgan fingerprint density at radius 2 is 1.79 bits per heavy atom. The van der Waals surface area contributed by atoms with Crippen LogP contribution in [0.1, 0.15) is 30.1 Å². The quantitative estimate of drug-likeness (QED) is 0.622. The molecule has 0 atom stereocenters. The fourth-order valence-corrected chi connectivity index (χ4v) is 2.63. The molecule has 0 saturated heterocycles. The van der Waals surface area contributed by atoms with Crippen molar-refractivity contribution in [3.8, 4) is 28.6 Å². The van der Waals surface area contributed by atoms with Crippen LogP contribution in [0.25, 0.3) is 11.4 Å². The van der Waals surface area contributed by atoms with Crippen molar-refractivity contribution < 1.29 is 23.5 Å². The van der Waals surface area contributed by atoms with E-state index >= 15 is 0 Å². The Morgan fingerprint density at radius 1 is 1.07 bits per heavy atom. The summed E-state index contributed by atoms with van der Waals surface area (Å²) in [6.45, 7) is 4.01. The number of rotatable bonds is 8. The maximum absolute atomic E-state index is 12.3. The first-order valence-corrected chi connectivity index (χ1v) is 9.10. The summed E-state index contributed by atoms with van der Waals surface area (Å²) in [6, 6.07) is 12.3. The molecule has 0 unspecified atom stereocenters. The number of nitrogens with one attached hydrogen (secondary N) is 1. The number of aromatic nitrogens is 2. The molecule has 0 spiro atoms. The Kier molecular flexibility index (Phi) is 6.33. The number of carbonyl (C=O) groups is 1. The van der Waals surface area contributed by atoms with Gasteiger partial charge in [0.25, 0.3) is 5.91 Å². The van der Waals surface area contributed by atoms with Crippen molar-refractivity contribution in [2.75, 3.05) is 14.2 Å². The second kappa shape index (κ2) is 9.09. The van der Waals surface area contributed by atoms with E-state index in [1.54, 1.807) is 56.7 Å². The largest absolute Gasteiger partial charge is 0.493 e. The molecule has 0 radical (unpaired) electrons. The first kappa shape index (κ1) is 20.2. The molecule has 2 aromatic carbocycles. The molecule has 0 fully saturated rings. The van der Waals surface area contributed by atoms with E-state index in [1.165, 1.54) is 0 Å². The van der Waals surface area contributed by atoms with Crippen molar-refractivity contribution in [2.24, 2.45) is 0 Å². The van der Waals surface area contributed by atoms with E-state index in [0.717, 1.165) is 0 Å². The van der Waals surface area contributed by atoms with Gasteiger partial charge < -0.3 is 24.1 Å². The number of hydrogen-bond acceptors (Lipinski definition) is 7. The summed E-state index contributed by atoms with van der Waals surface area (Å²) in [6.07, 6.45) is 0.0760. The predicted octanol–water partition coefficient (Wildman–Crippen LogP) is 3.47. The van der Waals surface area contributed by atoms with Gasteiger partial charge >= 0.3 is 0 Å². The van der Waals surface area contributed by atoms with E-state index in [9.17, 15) is 4.79 Å². The Balaban J connectivity index is 1.62. The van der Waals surface area contributed by atoms with E-state index in [2.05, 4.69) is 15.5 Å². The highest BCUT2D eigenvalue weighted by atomic mass is 16.5. The van der Waals surface area contributed by atoms with E-state index in [1.807, 2.05) is 13.8 Å². The molecule has 0 bridgehead atoms. The second-order valence-electron chi connectivity index (χ2n) is 6.46.